The Balaban J connectivity index is 1.30. The zero-order valence-electron chi connectivity index (χ0n) is 15.4. The van der Waals surface area contributed by atoms with Gasteiger partial charge in [0.2, 0.25) is 5.95 Å². The van der Waals surface area contributed by atoms with Crippen molar-refractivity contribution in [1.82, 2.24) is 20.2 Å². The van der Waals surface area contributed by atoms with Crippen LogP contribution in [-0.2, 0) is 17.7 Å². The lowest BCUT2D eigenvalue weighted by Gasteiger charge is -2.28. The molecule has 142 valence electrons. The second-order valence-electron chi connectivity index (χ2n) is 6.92. The molecule has 2 aromatic rings. The van der Waals surface area contributed by atoms with Crippen molar-refractivity contribution in [2.45, 2.75) is 13.0 Å². The highest BCUT2D eigenvalue weighted by Gasteiger charge is 2.18. The highest BCUT2D eigenvalue weighted by molar-refractivity contribution is 5.93. The van der Waals surface area contributed by atoms with Gasteiger partial charge in [-0.1, -0.05) is 24.3 Å². The minimum Gasteiger partial charge on any atom is -0.379 e. The Kier molecular flexibility index (Phi) is 5.60. The van der Waals surface area contributed by atoms with Crippen LogP contribution in [0.3, 0.4) is 0 Å². The quantitative estimate of drug-likeness (QED) is 0.853. The third kappa shape index (κ3) is 4.43. The fourth-order valence-electron chi connectivity index (χ4n) is 3.52. The van der Waals surface area contributed by atoms with Crippen molar-refractivity contribution in [3.63, 3.8) is 0 Å². The number of anilines is 1. The van der Waals surface area contributed by atoms with Crippen molar-refractivity contribution in [3.05, 3.63) is 53.3 Å². The first-order chi connectivity index (χ1) is 13.3. The Morgan fingerprint density at radius 1 is 1.07 bits per heavy atom. The molecule has 1 fully saturated rings. The number of hydrogen-bond acceptors (Lipinski definition) is 6. The number of morpholine rings is 1. The summed E-state index contributed by atoms with van der Waals surface area (Å²) in [5.74, 6) is 0.549. The number of carbonyl (C=O) groups is 1. The Morgan fingerprint density at radius 2 is 1.81 bits per heavy atom. The summed E-state index contributed by atoms with van der Waals surface area (Å²) < 4.78 is 5.33. The number of nitrogens with zero attached hydrogens (tertiary/aromatic N) is 4. The number of nitrogens with one attached hydrogen (secondary N) is 1. The molecule has 7 nitrogen and oxygen atoms in total. The number of benzene rings is 1. The molecule has 0 saturated carbocycles. The SMILES string of the molecule is O=C(NCCN1CCOCC1)c1cnc(N2CCc3ccccc3C2)nc1. The first kappa shape index (κ1) is 17.9. The van der Waals surface area contributed by atoms with Gasteiger partial charge >= 0.3 is 0 Å². The molecular formula is C20H25N5O2. The topological polar surface area (TPSA) is 70.6 Å². The van der Waals surface area contributed by atoms with Crippen molar-refractivity contribution < 1.29 is 9.53 Å². The first-order valence-electron chi connectivity index (χ1n) is 9.52. The van der Waals surface area contributed by atoms with Crippen molar-refractivity contribution in [3.8, 4) is 0 Å². The molecule has 0 radical (unpaired) electrons. The molecule has 0 spiro atoms. The van der Waals surface area contributed by atoms with Crippen LogP contribution in [0, 0.1) is 0 Å². The summed E-state index contributed by atoms with van der Waals surface area (Å²) in [5.41, 5.74) is 3.21. The second kappa shape index (κ2) is 8.45. The van der Waals surface area contributed by atoms with Crippen molar-refractivity contribution >= 4 is 11.9 Å². The lowest BCUT2D eigenvalue weighted by molar-refractivity contribution is 0.0383. The Morgan fingerprint density at radius 3 is 2.59 bits per heavy atom. The van der Waals surface area contributed by atoms with Gasteiger partial charge in [0, 0.05) is 51.7 Å². The van der Waals surface area contributed by atoms with Gasteiger partial charge in [-0.2, -0.15) is 0 Å². The summed E-state index contributed by atoms with van der Waals surface area (Å²) in [6, 6.07) is 8.47. The molecule has 0 aliphatic carbocycles. The molecule has 0 atom stereocenters. The molecule has 4 rings (SSSR count). The monoisotopic (exact) mass is 367 g/mol. The van der Waals surface area contributed by atoms with Crippen LogP contribution in [0.15, 0.2) is 36.7 Å². The van der Waals surface area contributed by atoms with Gasteiger partial charge in [0.05, 0.1) is 18.8 Å². The lowest BCUT2D eigenvalue weighted by atomic mass is 10.0. The summed E-state index contributed by atoms with van der Waals surface area (Å²) in [5, 5.41) is 2.94. The minimum absolute atomic E-state index is 0.126. The molecular weight excluding hydrogens is 342 g/mol. The molecule has 0 unspecified atom stereocenters. The summed E-state index contributed by atoms with van der Waals surface area (Å²) in [7, 11) is 0. The van der Waals surface area contributed by atoms with Crippen LogP contribution < -0.4 is 10.2 Å². The second-order valence-corrected chi connectivity index (χ2v) is 6.92. The van der Waals surface area contributed by atoms with E-state index in [1.54, 1.807) is 12.4 Å². The third-order valence-corrected chi connectivity index (χ3v) is 5.13. The molecule has 3 heterocycles. The fraction of sp³-hybridized carbons (Fsp3) is 0.450. The normalized spacial score (nSPS) is 17.4. The Labute approximate surface area is 159 Å². The predicted molar refractivity (Wildman–Crippen MR) is 103 cm³/mol. The van der Waals surface area contributed by atoms with E-state index in [2.05, 4.69) is 49.4 Å². The number of rotatable bonds is 5. The van der Waals surface area contributed by atoms with E-state index in [4.69, 9.17) is 4.74 Å². The number of ether oxygens (including phenoxy) is 1. The van der Waals surface area contributed by atoms with Crippen molar-refractivity contribution in [2.24, 2.45) is 0 Å². The van der Waals surface area contributed by atoms with E-state index < -0.39 is 0 Å². The summed E-state index contributed by atoms with van der Waals surface area (Å²) in [6.45, 7) is 6.53. The van der Waals surface area contributed by atoms with Crippen LogP contribution in [-0.4, -0.2) is 66.7 Å². The molecule has 7 heteroatoms. The maximum Gasteiger partial charge on any atom is 0.254 e. The zero-order chi connectivity index (χ0) is 18.5. The first-order valence-corrected chi connectivity index (χ1v) is 9.52. The highest BCUT2D eigenvalue weighted by atomic mass is 16.5. The summed E-state index contributed by atoms with van der Waals surface area (Å²) in [4.78, 5) is 25.6. The molecule has 2 aliphatic heterocycles. The number of aromatic nitrogens is 2. The Hall–Kier alpha value is -2.51. The molecule has 0 bridgehead atoms. The van der Waals surface area contributed by atoms with Gasteiger partial charge in [0.25, 0.3) is 5.91 Å². The predicted octanol–water partition coefficient (Wildman–Crippen LogP) is 1.10. The Bertz CT molecular complexity index is 774. The van der Waals surface area contributed by atoms with E-state index in [1.165, 1.54) is 11.1 Å². The van der Waals surface area contributed by atoms with E-state index >= 15 is 0 Å². The van der Waals surface area contributed by atoms with Gasteiger partial charge in [-0.25, -0.2) is 9.97 Å². The maximum absolute atomic E-state index is 12.3. The van der Waals surface area contributed by atoms with Gasteiger partial charge in [-0.15, -0.1) is 0 Å². The maximum atomic E-state index is 12.3. The molecule has 1 aromatic carbocycles. The summed E-state index contributed by atoms with van der Waals surface area (Å²) in [6.07, 6.45) is 4.23. The smallest absolute Gasteiger partial charge is 0.254 e. The average Bonchev–Trinajstić information content (AvgIpc) is 2.74. The highest BCUT2D eigenvalue weighted by Crippen LogP contribution is 2.21. The van der Waals surface area contributed by atoms with Gasteiger partial charge in [0.15, 0.2) is 0 Å². The van der Waals surface area contributed by atoms with E-state index in [9.17, 15) is 4.79 Å². The van der Waals surface area contributed by atoms with Crippen LogP contribution >= 0.6 is 0 Å². The van der Waals surface area contributed by atoms with Crippen molar-refractivity contribution in [2.75, 3.05) is 50.8 Å². The van der Waals surface area contributed by atoms with Gasteiger partial charge in [0.1, 0.15) is 0 Å². The molecule has 1 N–H and O–H groups in total. The van der Waals surface area contributed by atoms with E-state index in [0.29, 0.717) is 18.1 Å². The molecule has 1 amide bonds. The molecule has 27 heavy (non-hydrogen) atoms. The molecule has 2 aliphatic rings. The molecule has 1 aromatic heterocycles. The van der Waals surface area contributed by atoms with Crippen LogP contribution in [0.25, 0.3) is 0 Å². The van der Waals surface area contributed by atoms with E-state index in [0.717, 1.165) is 52.4 Å². The minimum atomic E-state index is -0.126. The standard InChI is InChI=1S/C20H25N5O2/c26-19(21-6-8-24-9-11-27-12-10-24)18-13-22-20(23-14-18)25-7-5-16-3-1-2-4-17(16)15-25/h1-4,13-14H,5-12,15H2,(H,21,26). The number of hydrogen-bond donors (Lipinski definition) is 1. The van der Waals surface area contributed by atoms with Crippen molar-refractivity contribution in [1.29, 1.82) is 0 Å². The number of amides is 1. The van der Waals surface area contributed by atoms with Crippen LogP contribution in [0.1, 0.15) is 21.5 Å². The van der Waals surface area contributed by atoms with Crippen LogP contribution in [0.4, 0.5) is 5.95 Å². The number of fused-ring (bicyclic) bond motifs is 1. The largest absolute Gasteiger partial charge is 0.379 e. The van der Waals surface area contributed by atoms with Gasteiger partial charge in [-0.05, 0) is 17.5 Å². The molecule has 1 saturated heterocycles. The number of carbonyl (C=O) groups excluding carboxylic acids is 1. The zero-order valence-corrected chi connectivity index (χ0v) is 15.4. The van der Waals surface area contributed by atoms with E-state index in [1.807, 2.05) is 0 Å². The lowest BCUT2D eigenvalue weighted by Crippen LogP contribution is -2.41. The average molecular weight is 367 g/mol. The van der Waals surface area contributed by atoms with E-state index in [-0.39, 0.29) is 5.91 Å². The van der Waals surface area contributed by atoms with Gasteiger partial charge in [-0.3, -0.25) is 9.69 Å². The van der Waals surface area contributed by atoms with Crippen LogP contribution in [0.2, 0.25) is 0 Å². The van der Waals surface area contributed by atoms with Crippen LogP contribution in [0.5, 0.6) is 0 Å². The van der Waals surface area contributed by atoms with Gasteiger partial charge < -0.3 is 15.0 Å². The fourth-order valence-corrected chi connectivity index (χ4v) is 3.52. The third-order valence-electron chi connectivity index (χ3n) is 5.13. The summed E-state index contributed by atoms with van der Waals surface area (Å²) >= 11 is 0.